The monoisotopic (exact) mass is 622 g/mol. The number of aliphatic hydroxyl groups is 1. The maximum Gasteiger partial charge on any atom is 0.268 e. The maximum absolute atomic E-state index is 16.3. The number of benzene rings is 2. The molecule has 2 aromatic carbocycles. The minimum Gasteiger partial charge on any atom is -0.394 e. The Morgan fingerprint density at radius 3 is 2.61 bits per heavy atom. The molecule has 44 heavy (non-hydrogen) atoms. The fourth-order valence-electron chi connectivity index (χ4n) is 8.05. The number of rotatable bonds is 7. The van der Waals surface area contributed by atoms with E-state index in [2.05, 4.69) is 10.6 Å². The van der Waals surface area contributed by atoms with Crippen molar-refractivity contribution in [3.8, 4) is 0 Å². The van der Waals surface area contributed by atoms with Crippen LogP contribution in [0.1, 0.15) is 44.6 Å². The van der Waals surface area contributed by atoms with E-state index in [0.29, 0.717) is 35.7 Å². The highest BCUT2D eigenvalue weighted by Crippen LogP contribution is 2.61. The number of anilines is 3. The summed E-state index contributed by atoms with van der Waals surface area (Å²) in [6.45, 7) is 7.04. The van der Waals surface area contributed by atoms with Gasteiger partial charge in [-0.3, -0.25) is 19.3 Å². The number of piperidine rings is 1. The van der Waals surface area contributed by atoms with E-state index < -0.39 is 31.6 Å². The smallest absolute Gasteiger partial charge is 0.268 e. The van der Waals surface area contributed by atoms with Gasteiger partial charge in [-0.2, -0.15) is 0 Å². The second kappa shape index (κ2) is 12.0. The first-order chi connectivity index (χ1) is 21.1. The number of fused-ring (bicyclic) bond motifs is 2. The van der Waals surface area contributed by atoms with Crippen molar-refractivity contribution >= 4 is 43.2 Å². The second-order valence-corrected chi connectivity index (χ2v) is 17.1. The summed E-state index contributed by atoms with van der Waals surface area (Å²) in [7, 11) is -3.48. The quantitative estimate of drug-likeness (QED) is 0.311. The van der Waals surface area contributed by atoms with Crippen LogP contribution in [0, 0.1) is 11.8 Å². The van der Waals surface area contributed by atoms with Crippen LogP contribution in [0.4, 0.5) is 21.2 Å². The van der Waals surface area contributed by atoms with E-state index in [4.69, 9.17) is 4.74 Å². The minimum atomic E-state index is -3.48. The normalized spacial score (nSPS) is 30.2. The molecular weight excluding hydrogens is 579 g/mol. The molecule has 0 bridgehead atoms. The Balaban J connectivity index is 1.40. The number of hydrogen-bond donors (Lipinski definition) is 3. The number of nitrogens with one attached hydrogen (secondary N) is 2. The van der Waals surface area contributed by atoms with Crippen LogP contribution in [0.3, 0.4) is 0 Å². The number of carbonyl (C=O) groups excluding carboxylic acids is 3. The molecule has 1 spiro atoms. The Hall–Kier alpha value is -3.12. The molecule has 11 heteroatoms. The highest BCUT2D eigenvalue weighted by atomic mass is 28.4. The van der Waals surface area contributed by atoms with E-state index in [1.165, 1.54) is 0 Å². The molecule has 9 nitrogen and oxygen atoms in total. The van der Waals surface area contributed by atoms with E-state index in [1.807, 2.05) is 43.3 Å². The lowest BCUT2D eigenvalue weighted by atomic mass is 9.82. The Bertz CT molecular complexity index is 1410. The first kappa shape index (κ1) is 30.9. The zero-order valence-corrected chi connectivity index (χ0v) is 26.7. The number of hydrogen-bond acceptors (Lipinski definition) is 6. The third kappa shape index (κ3) is 5.27. The molecule has 3 N–H and O–H groups in total. The largest absolute Gasteiger partial charge is 0.394 e. The van der Waals surface area contributed by atoms with Gasteiger partial charge in [0.05, 0.1) is 36.8 Å². The third-order valence-electron chi connectivity index (χ3n) is 10.1. The van der Waals surface area contributed by atoms with Crippen LogP contribution in [-0.4, -0.2) is 74.5 Å². The number of ether oxygens (including phenoxy) is 1. The molecule has 2 aromatic rings. The molecule has 236 valence electrons. The molecule has 0 aromatic heterocycles. The van der Waals surface area contributed by atoms with E-state index >= 15 is 4.11 Å². The Kier molecular flexibility index (Phi) is 8.42. The summed E-state index contributed by atoms with van der Waals surface area (Å²) in [6, 6.07) is 14.4. The molecule has 4 heterocycles. The van der Waals surface area contributed by atoms with Gasteiger partial charge in [-0.05, 0) is 75.7 Å². The van der Waals surface area contributed by atoms with Crippen molar-refractivity contribution in [2.75, 3.05) is 36.5 Å². The SMILES string of the molecule is C[C@H]1[C@H]([Si](C)(C)F)[C@@H](CC(=O)N2CCC[C@H]2CO)O[C@]12C(=O)N(c1ccccc1)c1ccc(NC(=O)C3CCCNC3)cc12. The van der Waals surface area contributed by atoms with Crippen molar-refractivity contribution in [3.63, 3.8) is 0 Å². The molecule has 3 fully saturated rings. The van der Waals surface area contributed by atoms with Crippen LogP contribution in [0.5, 0.6) is 0 Å². The number of para-hydroxylation sites is 1. The number of carbonyl (C=O) groups is 3. The molecule has 3 amide bonds. The Morgan fingerprint density at radius 1 is 1.16 bits per heavy atom. The lowest BCUT2D eigenvalue weighted by Gasteiger charge is -2.31. The van der Waals surface area contributed by atoms with Crippen LogP contribution in [0.2, 0.25) is 18.6 Å². The highest BCUT2D eigenvalue weighted by molar-refractivity contribution is 6.72. The number of aliphatic hydroxyl groups excluding tert-OH is 1. The molecule has 4 aliphatic heterocycles. The molecule has 3 saturated heterocycles. The van der Waals surface area contributed by atoms with Gasteiger partial charge in [0.2, 0.25) is 20.2 Å². The van der Waals surface area contributed by atoms with Crippen molar-refractivity contribution in [3.05, 3.63) is 54.1 Å². The molecule has 0 radical (unpaired) electrons. The first-order valence-electron chi connectivity index (χ1n) is 15.9. The fraction of sp³-hybridized carbons (Fsp3) is 0.545. The van der Waals surface area contributed by atoms with E-state index in [-0.39, 0.29) is 42.7 Å². The summed E-state index contributed by atoms with van der Waals surface area (Å²) in [6.07, 6.45) is 2.38. The van der Waals surface area contributed by atoms with Crippen molar-refractivity contribution < 1.29 is 28.3 Å². The van der Waals surface area contributed by atoms with Crippen LogP contribution < -0.4 is 15.5 Å². The van der Waals surface area contributed by atoms with Gasteiger partial charge < -0.3 is 29.5 Å². The van der Waals surface area contributed by atoms with Crippen molar-refractivity contribution in [1.82, 2.24) is 10.2 Å². The Morgan fingerprint density at radius 2 is 1.93 bits per heavy atom. The van der Waals surface area contributed by atoms with Crippen molar-refractivity contribution in [2.24, 2.45) is 11.8 Å². The molecule has 1 unspecified atom stereocenters. The Labute approximate surface area is 259 Å². The van der Waals surface area contributed by atoms with Gasteiger partial charge in [0.15, 0.2) is 5.60 Å². The lowest BCUT2D eigenvalue weighted by Crippen LogP contribution is -2.44. The summed E-state index contributed by atoms with van der Waals surface area (Å²) in [5.41, 5.74) is 0.229. The summed E-state index contributed by atoms with van der Waals surface area (Å²) >= 11 is 0. The zero-order valence-electron chi connectivity index (χ0n) is 25.7. The fourth-order valence-corrected chi connectivity index (χ4v) is 10.5. The van der Waals surface area contributed by atoms with Crippen LogP contribution in [0.25, 0.3) is 0 Å². The summed E-state index contributed by atoms with van der Waals surface area (Å²) in [5.74, 6) is -1.32. The minimum absolute atomic E-state index is 0.0628. The summed E-state index contributed by atoms with van der Waals surface area (Å²) in [5, 5.41) is 16.2. The van der Waals surface area contributed by atoms with Crippen LogP contribution >= 0.6 is 0 Å². The van der Waals surface area contributed by atoms with Gasteiger partial charge in [0.1, 0.15) is 0 Å². The van der Waals surface area contributed by atoms with E-state index in [9.17, 15) is 19.5 Å². The van der Waals surface area contributed by atoms with Crippen LogP contribution in [-0.2, 0) is 24.7 Å². The van der Waals surface area contributed by atoms with Crippen LogP contribution in [0.15, 0.2) is 48.5 Å². The predicted octanol–water partition coefficient (Wildman–Crippen LogP) is 4.45. The van der Waals surface area contributed by atoms with Gasteiger partial charge in [-0.15, -0.1) is 0 Å². The van der Waals surface area contributed by atoms with E-state index in [0.717, 1.165) is 32.2 Å². The number of halogens is 1. The van der Waals surface area contributed by atoms with Gasteiger partial charge >= 0.3 is 0 Å². The van der Waals surface area contributed by atoms with E-state index in [1.54, 1.807) is 35.0 Å². The molecule has 6 rings (SSSR count). The average Bonchev–Trinajstić information content (AvgIpc) is 3.67. The number of likely N-dealkylation sites (tertiary alicyclic amines) is 1. The zero-order chi connectivity index (χ0) is 31.2. The standard InChI is InChI=1S/C33H43FN4O5Si/c1-21-30(44(2,3)34)28(18-29(40)37-16-8-12-25(37)20-39)43-33(21)26-17-23(36-31(41)22-9-7-15-35-19-22)13-14-27(26)38(32(33)42)24-10-5-4-6-11-24/h4-6,10-11,13-14,17,21-22,25,28,30,35,39H,7-9,12,15-16,18-20H2,1-3H3,(H,36,41)/t21-,22?,25-,28+,30-,33+/m0/s1. The third-order valence-corrected chi connectivity index (χ3v) is 12.6. The average molecular weight is 623 g/mol. The van der Waals surface area contributed by atoms with Gasteiger partial charge in [0, 0.05) is 41.5 Å². The first-order valence-corrected chi connectivity index (χ1v) is 18.8. The predicted molar refractivity (Wildman–Crippen MR) is 169 cm³/mol. The highest BCUT2D eigenvalue weighted by Gasteiger charge is 2.67. The second-order valence-electron chi connectivity index (χ2n) is 13.3. The molecule has 6 atom stereocenters. The van der Waals surface area contributed by atoms with Crippen molar-refractivity contribution in [1.29, 1.82) is 0 Å². The van der Waals surface area contributed by atoms with Crippen molar-refractivity contribution in [2.45, 2.75) is 75.4 Å². The number of amides is 3. The topological polar surface area (TPSA) is 111 Å². The molecule has 0 aliphatic carbocycles. The maximum atomic E-state index is 16.3. The molecule has 0 saturated carbocycles. The lowest BCUT2D eigenvalue weighted by molar-refractivity contribution is -0.149. The van der Waals surface area contributed by atoms with Gasteiger partial charge in [-0.1, -0.05) is 25.1 Å². The van der Waals surface area contributed by atoms with Gasteiger partial charge in [-0.25, -0.2) is 0 Å². The van der Waals surface area contributed by atoms with Gasteiger partial charge in [0.25, 0.3) is 5.91 Å². The molecular formula is C33H43FN4O5Si. The molecule has 4 aliphatic rings. The summed E-state index contributed by atoms with van der Waals surface area (Å²) in [4.78, 5) is 44.7. The summed E-state index contributed by atoms with van der Waals surface area (Å²) < 4.78 is 23.1. The number of nitrogens with zero attached hydrogens (tertiary/aromatic N) is 2.